The summed E-state index contributed by atoms with van der Waals surface area (Å²) in [6.45, 7) is 4.67. The molecule has 12 heavy (non-hydrogen) atoms. The van der Waals surface area contributed by atoms with Crippen LogP contribution in [0.25, 0.3) is 0 Å². The highest BCUT2D eigenvalue weighted by Gasteiger charge is 2.17. The van der Waals surface area contributed by atoms with Gasteiger partial charge in [0.15, 0.2) is 5.11 Å². The normalized spacial score (nSPS) is 19.3. The van der Waals surface area contributed by atoms with Crippen molar-refractivity contribution in [1.82, 2.24) is 10.2 Å². The molecule has 1 heterocycles. The molecular formula is C8H16N2OS. The van der Waals surface area contributed by atoms with E-state index in [1.54, 1.807) is 0 Å². The Morgan fingerprint density at radius 2 is 2.17 bits per heavy atom. The molecule has 0 atom stereocenters. The largest absolute Gasteiger partial charge is 0.393 e. The second-order valence-electron chi connectivity index (χ2n) is 3.05. The summed E-state index contributed by atoms with van der Waals surface area (Å²) in [5.41, 5.74) is 0. The van der Waals surface area contributed by atoms with Gasteiger partial charge in [-0.3, -0.25) is 0 Å². The topological polar surface area (TPSA) is 35.5 Å². The number of hydrogen-bond acceptors (Lipinski definition) is 2. The zero-order valence-electron chi connectivity index (χ0n) is 7.42. The van der Waals surface area contributed by atoms with Crippen molar-refractivity contribution in [3.63, 3.8) is 0 Å². The Balaban J connectivity index is 2.29. The first-order chi connectivity index (χ1) is 5.74. The molecule has 0 aromatic rings. The number of aliphatic hydroxyl groups is 1. The van der Waals surface area contributed by atoms with Crippen molar-refractivity contribution in [2.24, 2.45) is 0 Å². The van der Waals surface area contributed by atoms with E-state index in [1.165, 1.54) is 0 Å². The van der Waals surface area contributed by atoms with Gasteiger partial charge in [-0.05, 0) is 32.0 Å². The van der Waals surface area contributed by atoms with E-state index in [2.05, 4.69) is 10.2 Å². The summed E-state index contributed by atoms with van der Waals surface area (Å²) in [6.07, 6.45) is 1.56. The van der Waals surface area contributed by atoms with Gasteiger partial charge in [0.2, 0.25) is 0 Å². The van der Waals surface area contributed by atoms with Crippen LogP contribution in [0.2, 0.25) is 0 Å². The fraction of sp³-hybridized carbons (Fsp3) is 0.875. The lowest BCUT2D eigenvalue weighted by molar-refractivity contribution is 0.109. The zero-order chi connectivity index (χ0) is 8.97. The van der Waals surface area contributed by atoms with Crippen molar-refractivity contribution in [2.45, 2.75) is 25.9 Å². The molecule has 0 bridgehead atoms. The lowest BCUT2D eigenvalue weighted by Gasteiger charge is -2.31. The maximum absolute atomic E-state index is 9.25. The van der Waals surface area contributed by atoms with Crippen LogP contribution in [-0.4, -0.2) is 40.9 Å². The lowest BCUT2D eigenvalue weighted by atomic mass is 10.1. The number of nitrogens with zero attached hydrogens (tertiary/aromatic N) is 1. The first-order valence-corrected chi connectivity index (χ1v) is 4.85. The van der Waals surface area contributed by atoms with Crippen LogP contribution in [0.5, 0.6) is 0 Å². The zero-order valence-corrected chi connectivity index (χ0v) is 8.23. The molecule has 0 aromatic heterocycles. The molecule has 70 valence electrons. The Bertz CT molecular complexity index is 155. The standard InChI is InChI=1S/C8H16N2OS/c1-2-9-8(12)10-5-3-7(11)4-6-10/h7,11H,2-6H2,1H3,(H,9,12). The second-order valence-corrected chi connectivity index (χ2v) is 3.44. The quantitative estimate of drug-likeness (QED) is 0.582. The molecule has 0 amide bonds. The van der Waals surface area contributed by atoms with Gasteiger partial charge in [-0.1, -0.05) is 0 Å². The molecule has 1 rings (SSSR count). The van der Waals surface area contributed by atoms with Crippen molar-refractivity contribution in [3.05, 3.63) is 0 Å². The minimum Gasteiger partial charge on any atom is -0.393 e. The van der Waals surface area contributed by atoms with E-state index in [9.17, 15) is 5.11 Å². The maximum atomic E-state index is 9.25. The molecule has 0 aliphatic carbocycles. The monoisotopic (exact) mass is 188 g/mol. The predicted molar refractivity (Wildman–Crippen MR) is 53.1 cm³/mol. The first-order valence-electron chi connectivity index (χ1n) is 4.45. The summed E-state index contributed by atoms with van der Waals surface area (Å²) < 4.78 is 0. The van der Waals surface area contributed by atoms with E-state index >= 15 is 0 Å². The summed E-state index contributed by atoms with van der Waals surface area (Å²) >= 11 is 5.14. The van der Waals surface area contributed by atoms with Gasteiger partial charge in [0.05, 0.1) is 6.10 Å². The average Bonchev–Trinajstić information content (AvgIpc) is 2.06. The molecule has 1 fully saturated rings. The van der Waals surface area contributed by atoms with E-state index in [0.29, 0.717) is 0 Å². The van der Waals surface area contributed by atoms with Gasteiger partial charge in [0, 0.05) is 19.6 Å². The van der Waals surface area contributed by atoms with Gasteiger partial charge in [0.1, 0.15) is 0 Å². The molecule has 1 aliphatic rings. The third kappa shape index (κ3) is 2.60. The van der Waals surface area contributed by atoms with Crippen molar-refractivity contribution >= 4 is 17.3 Å². The number of hydrogen-bond donors (Lipinski definition) is 2. The van der Waals surface area contributed by atoms with Crippen LogP contribution >= 0.6 is 12.2 Å². The second kappa shape index (κ2) is 4.62. The fourth-order valence-corrected chi connectivity index (χ4v) is 1.66. The number of thiocarbonyl (C=S) groups is 1. The third-order valence-corrected chi connectivity index (χ3v) is 2.48. The molecular weight excluding hydrogens is 172 g/mol. The van der Waals surface area contributed by atoms with Gasteiger partial charge < -0.3 is 15.3 Å². The third-order valence-electron chi connectivity index (χ3n) is 2.08. The van der Waals surface area contributed by atoms with Gasteiger partial charge >= 0.3 is 0 Å². The van der Waals surface area contributed by atoms with Gasteiger partial charge in [-0.15, -0.1) is 0 Å². The summed E-state index contributed by atoms with van der Waals surface area (Å²) in [4.78, 5) is 2.12. The molecule has 4 heteroatoms. The van der Waals surface area contributed by atoms with Crippen LogP contribution < -0.4 is 5.32 Å². The molecule has 0 radical (unpaired) electrons. The van der Waals surface area contributed by atoms with Crippen molar-refractivity contribution in [1.29, 1.82) is 0 Å². The van der Waals surface area contributed by atoms with E-state index < -0.39 is 0 Å². The number of piperidine rings is 1. The smallest absolute Gasteiger partial charge is 0.168 e. The van der Waals surface area contributed by atoms with Gasteiger partial charge in [-0.2, -0.15) is 0 Å². The van der Waals surface area contributed by atoms with Crippen LogP contribution in [0, 0.1) is 0 Å². The Morgan fingerprint density at radius 3 is 2.67 bits per heavy atom. The minimum atomic E-state index is -0.120. The van der Waals surface area contributed by atoms with Gasteiger partial charge in [0.25, 0.3) is 0 Å². The van der Waals surface area contributed by atoms with E-state index in [4.69, 9.17) is 12.2 Å². The van der Waals surface area contributed by atoms with Crippen LogP contribution in [0.15, 0.2) is 0 Å². The molecule has 0 spiro atoms. The fourth-order valence-electron chi connectivity index (χ4n) is 1.33. The van der Waals surface area contributed by atoms with Crippen molar-refractivity contribution in [3.8, 4) is 0 Å². The number of aliphatic hydroxyl groups excluding tert-OH is 1. The number of likely N-dealkylation sites (tertiary alicyclic amines) is 1. The van der Waals surface area contributed by atoms with E-state index in [0.717, 1.165) is 37.6 Å². The van der Waals surface area contributed by atoms with Gasteiger partial charge in [-0.25, -0.2) is 0 Å². The number of rotatable bonds is 1. The highest BCUT2D eigenvalue weighted by atomic mass is 32.1. The van der Waals surface area contributed by atoms with Crippen LogP contribution in [0.4, 0.5) is 0 Å². The van der Waals surface area contributed by atoms with Crippen LogP contribution in [0.1, 0.15) is 19.8 Å². The Hall–Kier alpha value is -0.350. The summed E-state index contributed by atoms with van der Waals surface area (Å²) in [6, 6.07) is 0. The minimum absolute atomic E-state index is 0.120. The van der Waals surface area contributed by atoms with E-state index in [1.807, 2.05) is 6.92 Å². The predicted octanol–water partition coefficient (Wildman–Crippen LogP) is 0.337. The highest BCUT2D eigenvalue weighted by Crippen LogP contribution is 2.09. The first kappa shape index (κ1) is 9.74. The average molecular weight is 188 g/mol. The molecule has 3 nitrogen and oxygen atoms in total. The van der Waals surface area contributed by atoms with Crippen LogP contribution in [-0.2, 0) is 0 Å². The Kier molecular flexibility index (Phi) is 3.75. The summed E-state index contributed by atoms with van der Waals surface area (Å²) in [7, 11) is 0. The van der Waals surface area contributed by atoms with Crippen molar-refractivity contribution < 1.29 is 5.11 Å². The highest BCUT2D eigenvalue weighted by molar-refractivity contribution is 7.80. The molecule has 0 unspecified atom stereocenters. The summed E-state index contributed by atoms with van der Waals surface area (Å²) in [5.74, 6) is 0. The summed E-state index contributed by atoms with van der Waals surface area (Å²) in [5, 5.41) is 13.2. The molecule has 1 aliphatic heterocycles. The Labute approximate surface area is 78.8 Å². The SMILES string of the molecule is CCNC(=S)N1CCC(O)CC1. The lowest BCUT2D eigenvalue weighted by Crippen LogP contribution is -2.45. The maximum Gasteiger partial charge on any atom is 0.168 e. The molecule has 0 saturated carbocycles. The van der Waals surface area contributed by atoms with Crippen LogP contribution in [0.3, 0.4) is 0 Å². The number of nitrogens with one attached hydrogen (secondary N) is 1. The van der Waals surface area contributed by atoms with Crippen molar-refractivity contribution in [2.75, 3.05) is 19.6 Å². The molecule has 1 saturated heterocycles. The van der Waals surface area contributed by atoms with E-state index in [-0.39, 0.29) is 6.10 Å². The Morgan fingerprint density at radius 1 is 1.58 bits per heavy atom. The molecule has 0 aromatic carbocycles. The molecule has 2 N–H and O–H groups in total.